The van der Waals surface area contributed by atoms with E-state index in [2.05, 4.69) is 15.6 Å². The second-order valence-electron chi connectivity index (χ2n) is 4.37. The van der Waals surface area contributed by atoms with Gasteiger partial charge >= 0.3 is 0 Å². The standard InChI is InChI=1S/C12H18N4O3/c1-19-5-4-14-11(17)7-16-8-15-10-6-13-3-2-9(10)12(16)18/h8,13H,2-7H2,1H3,(H,14,17). The second-order valence-corrected chi connectivity index (χ2v) is 4.37. The molecule has 19 heavy (non-hydrogen) atoms. The maximum Gasteiger partial charge on any atom is 0.257 e. The average Bonchev–Trinajstić information content (AvgIpc) is 2.43. The summed E-state index contributed by atoms with van der Waals surface area (Å²) < 4.78 is 6.19. The fourth-order valence-corrected chi connectivity index (χ4v) is 2.01. The van der Waals surface area contributed by atoms with E-state index in [1.165, 1.54) is 10.9 Å². The van der Waals surface area contributed by atoms with Gasteiger partial charge in [-0.2, -0.15) is 0 Å². The van der Waals surface area contributed by atoms with Gasteiger partial charge in [0.2, 0.25) is 5.91 Å². The van der Waals surface area contributed by atoms with E-state index in [0.717, 1.165) is 12.2 Å². The van der Waals surface area contributed by atoms with Crippen molar-refractivity contribution in [2.24, 2.45) is 0 Å². The first-order valence-corrected chi connectivity index (χ1v) is 6.26. The molecule has 7 nitrogen and oxygen atoms in total. The van der Waals surface area contributed by atoms with E-state index in [1.807, 2.05) is 0 Å². The maximum atomic E-state index is 12.2. The van der Waals surface area contributed by atoms with E-state index >= 15 is 0 Å². The monoisotopic (exact) mass is 266 g/mol. The van der Waals surface area contributed by atoms with Crippen molar-refractivity contribution in [1.29, 1.82) is 0 Å². The van der Waals surface area contributed by atoms with Crippen LogP contribution in [0, 0.1) is 0 Å². The minimum atomic E-state index is -0.213. The summed E-state index contributed by atoms with van der Waals surface area (Å²) in [6.07, 6.45) is 2.09. The van der Waals surface area contributed by atoms with Gasteiger partial charge in [0.05, 0.1) is 18.6 Å². The van der Waals surface area contributed by atoms with Crippen molar-refractivity contribution in [1.82, 2.24) is 20.2 Å². The molecule has 0 fully saturated rings. The van der Waals surface area contributed by atoms with E-state index in [9.17, 15) is 9.59 Å². The Balaban J connectivity index is 2.05. The zero-order valence-corrected chi connectivity index (χ0v) is 10.9. The van der Waals surface area contributed by atoms with Crippen LogP contribution in [0.4, 0.5) is 0 Å². The van der Waals surface area contributed by atoms with Crippen LogP contribution in [0.25, 0.3) is 0 Å². The van der Waals surface area contributed by atoms with E-state index < -0.39 is 0 Å². The summed E-state index contributed by atoms with van der Waals surface area (Å²) in [5.41, 5.74) is 1.38. The Morgan fingerprint density at radius 2 is 2.47 bits per heavy atom. The molecule has 1 aliphatic heterocycles. The molecule has 1 aromatic rings. The van der Waals surface area contributed by atoms with Gasteiger partial charge in [0.15, 0.2) is 0 Å². The molecule has 0 saturated carbocycles. The van der Waals surface area contributed by atoms with Gasteiger partial charge in [0, 0.05) is 25.8 Å². The number of aromatic nitrogens is 2. The number of carbonyl (C=O) groups is 1. The number of hydrogen-bond donors (Lipinski definition) is 2. The lowest BCUT2D eigenvalue weighted by Gasteiger charge is -2.16. The van der Waals surface area contributed by atoms with Crippen LogP contribution in [0.5, 0.6) is 0 Å². The number of carbonyl (C=O) groups excluding carboxylic acids is 1. The highest BCUT2D eigenvalue weighted by atomic mass is 16.5. The smallest absolute Gasteiger partial charge is 0.257 e. The molecule has 104 valence electrons. The van der Waals surface area contributed by atoms with Crippen LogP contribution in [0.3, 0.4) is 0 Å². The molecule has 0 spiro atoms. The number of rotatable bonds is 5. The highest BCUT2D eigenvalue weighted by Gasteiger charge is 2.16. The normalized spacial score (nSPS) is 13.9. The predicted molar refractivity (Wildman–Crippen MR) is 68.8 cm³/mol. The van der Waals surface area contributed by atoms with Gasteiger partial charge in [0.25, 0.3) is 5.56 Å². The Morgan fingerprint density at radius 3 is 3.26 bits per heavy atom. The quantitative estimate of drug-likeness (QED) is 0.644. The molecular formula is C12H18N4O3. The Hall–Kier alpha value is -1.73. The van der Waals surface area contributed by atoms with Crippen LogP contribution < -0.4 is 16.2 Å². The average molecular weight is 266 g/mol. The van der Waals surface area contributed by atoms with E-state index in [-0.39, 0.29) is 18.0 Å². The summed E-state index contributed by atoms with van der Waals surface area (Å²) in [7, 11) is 1.57. The van der Waals surface area contributed by atoms with Crippen LogP contribution in [-0.2, 0) is 29.0 Å². The molecule has 1 aliphatic rings. The number of nitrogens with zero attached hydrogens (tertiary/aromatic N) is 2. The number of amides is 1. The molecule has 1 amide bonds. The van der Waals surface area contributed by atoms with Crippen molar-refractivity contribution in [2.45, 2.75) is 19.5 Å². The molecule has 7 heteroatoms. The molecule has 0 atom stereocenters. The molecule has 0 bridgehead atoms. The topological polar surface area (TPSA) is 85.2 Å². The Kier molecular flexibility index (Phi) is 4.64. The predicted octanol–water partition coefficient (Wildman–Crippen LogP) is -1.35. The molecular weight excluding hydrogens is 248 g/mol. The zero-order valence-electron chi connectivity index (χ0n) is 10.9. The van der Waals surface area contributed by atoms with Crippen molar-refractivity contribution in [3.05, 3.63) is 27.9 Å². The van der Waals surface area contributed by atoms with Crippen molar-refractivity contribution in [2.75, 3.05) is 26.8 Å². The molecule has 0 saturated heterocycles. The number of fused-ring (bicyclic) bond motifs is 1. The summed E-state index contributed by atoms with van der Waals surface area (Å²) in [6.45, 7) is 2.27. The number of methoxy groups -OCH3 is 1. The van der Waals surface area contributed by atoms with Gasteiger partial charge in [0.1, 0.15) is 6.54 Å². The Bertz CT molecular complexity index is 512. The molecule has 1 aromatic heterocycles. The first-order chi connectivity index (χ1) is 9.22. The minimum Gasteiger partial charge on any atom is -0.383 e. The lowest BCUT2D eigenvalue weighted by molar-refractivity contribution is -0.121. The van der Waals surface area contributed by atoms with Crippen LogP contribution in [0.15, 0.2) is 11.1 Å². The zero-order chi connectivity index (χ0) is 13.7. The summed E-state index contributed by atoms with van der Waals surface area (Å²) in [5, 5.41) is 5.83. The molecule has 2 heterocycles. The fourth-order valence-electron chi connectivity index (χ4n) is 2.01. The number of hydrogen-bond acceptors (Lipinski definition) is 5. The van der Waals surface area contributed by atoms with Gasteiger partial charge in [-0.15, -0.1) is 0 Å². The van der Waals surface area contributed by atoms with Gasteiger partial charge in [-0.3, -0.25) is 14.2 Å². The van der Waals surface area contributed by atoms with Gasteiger partial charge in [-0.05, 0) is 13.0 Å². The van der Waals surface area contributed by atoms with Crippen molar-refractivity contribution >= 4 is 5.91 Å². The van der Waals surface area contributed by atoms with Crippen molar-refractivity contribution in [3.63, 3.8) is 0 Å². The third kappa shape index (κ3) is 3.39. The van der Waals surface area contributed by atoms with E-state index in [1.54, 1.807) is 7.11 Å². The van der Waals surface area contributed by atoms with Crippen LogP contribution in [0.2, 0.25) is 0 Å². The first-order valence-electron chi connectivity index (χ1n) is 6.26. The van der Waals surface area contributed by atoms with Gasteiger partial charge < -0.3 is 15.4 Å². The van der Waals surface area contributed by atoms with Gasteiger partial charge in [-0.1, -0.05) is 0 Å². The minimum absolute atomic E-state index is 0.00371. The Labute approximate surface area is 111 Å². The highest BCUT2D eigenvalue weighted by molar-refractivity contribution is 5.75. The maximum absolute atomic E-state index is 12.2. The lowest BCUT2D eigenvalue weighted by atomic mass is 10.1. The van der Waals surface area contributed by atoms with E-state index in [0.29, 0.717) is 31.7 Å². The molecule has 0 radical (unpaired) electrons. The van der Waals surface area contributed by atoms with Gasteiger partial charge in [-0.25, -0.2) is 4.98 Å². The van der Waals surface area contributed by atoms with Crippen LogP contribution in [0.1, 0.15) is 11.3 Å². The summed E-state index contributed by atoms with van der Waals surface area (Å²) in [6, 6.07) is 0. The van der Waals surface area contributed by atoms with Crippen LogP contribution >= 0.6 is 0 Å². The van der Waals surface area contributed by atoms with Crippen LogP contribution in [-0.4, -0.2) is 42.3 Å². The SMILES string of the molecule is COCCNC(=O)Cn1cnc2c(c1=O)CCNC2. The lowest BCUT2D eigenvalue weighted by Crippen LogP contribution is -2.38. The van der Waals surface area contributed by atoms with Crippen molar-refractivity contribution < 1.29 is 9.53 Å². The fraction of sp³-hybridized carbons (Fsp3) is 0.583. The third-order valence-electron chi connectivity index (χ3n) is 3.01. The highest BCUT2D eigenvalue weighted by Crippen LogP contribution is 2.05. The number of nitrogens with one attached hydrogen (secondary N) is 2. The summed E-state index contributed by atoms with van der Waals surface area (Å²) >= 11 is 0. The Morgan fingerprint density at radius 1 is 1.63 bits per heavy atom. The molecule has 2 N–H and O–H groups in total. The second kappa shape index (κ2) is 6.44. The molecule has 2 rings (SSSR count). The number of ether oxygens (including phenoxy) is 1. The summed E-state index contributed by atoms with van der Waals surface area (Å²) in [4.78, 5) is 28.0. The first kappa shape index (κ1) is 13.7. The summed E-state index contributed by atoms with van der Waals surface area (Å²) in [5.74, 6) is -0.213. The van der Waals surface area contributed by atoms with Crippen molar-refractivity contribution in [3.8, 4) is 0 Å². The molecule has 0 unspecified atom stereocenters. The van der Waals surface area contributed by atoms with E-state index in [4.69, 9.17) is 4.74 Å². The molecule has 0 aromatic carbocycles. The third-order valence-corrected chi connectivity index (χ3v) is 3.01. The largest absolute Gasteiger partial charge is 0.383 e. The molecule has 0 aliphatic carbocycles.